The molecule has 0 saturated carbocycles. The van der Waals surface area contributed by atoms with Gasteiger partial charge in [0.05, 0.1) is 0 Å². The quantitative estimate of drug-likeness (QED) is 0.782. The van der Waals surface area contributed by atoms with Crippen LogP contribution in [0.5, 0.6) is 0 Å². The zero-order valence-corrected chi connectivity index (χ0v) is 11.7. The van der Waals surface area contributed by atoms with Gasteiger partial charge in [-0.1, -0.05) is 0 Å². The molecule has 0 fully saturated rings. The molecule has 0 spiro atoms. The molecule has 2 heteroatoms. The van der Waals surface area contributed by atoms with Crippen molar-refractivity contribution in [3.05, 3.63) is 71.8 Å². The van der Waals surface area contributed by atoms with Gasteiger partial charge < -0.3 is 0 Å². The summed E-state index contributed by atoms with van der Waals surface area (Å²) in [7, 11) is 0. The SMILES string of the molecule is CCC(O[As])(c1ccccc1)c1ccccc1. The van der Waals surface area contributed by atoms with Crippen LogP contribution in [0.25, 0.3) is 0 Å². The molecule has 0 unspecified atom stereocenters. The van der Waals surface area contributed by atoms with Gasteiger partial charge in [-0.2, -0.15) is 0 Å². The minimum atomic E-state index is -0.359. The van der Waals surface area contributed by atoms with Crippen LogP contribution in [-0.4, -0.2) is 17.2 Å². The third kappa shape index (κ3) is 2.31. The van der Waals surface area contributed by atoms with E-state index in [0.29, 0.717) is 0 Å². The Balaban J connectivity index is 2.54. The van der Waals surface area contributed by atoms with Crippen molar-refractivity contribution in [3.8, 4) is 0 Å². The molecule has 0 N–H and O–H groups in total. The molecule has 2 radical (unpaired) electrons. The number of rotatable bonds is 4. The number of hydrogen-bond acceptors (Lipinski definition) is 1. The Hall–Kier alpha value is -1.04. The van der Waals surface area contributed by atoms with Crippen molar-refractivity contribution >= 4 is 17.2 Å². The summed E-state index contributed by atoms with van der Waals surface area (Å²) >= 11 is 2.26. The van der Waals surface area contributed by atoms with E-state index in [0.717, 1.165) is 6.42 Å². The third-order valence-corrected chi connectivity index (χ3v) is 3.79. The molecular formula is C15H15AsO. The van der Waals surface area contributed by atoms with Crippen molar-refractivity contribution < 1.29 is 3.73 Å². The fraction of sp³-hybridized carbons (Fsp3) is 0.200. The monoisotopic (exact) mass is 286 g/mol. The second-order valence-corrected chi connectivity index (χ2v) is 4.39. The van der Waals surface area contributed by atoms with Crippen molar-refractivity contribution in [3.63, 3.8) is 0 Å². The van der Waals surface area contributed by atoms with E-state index in [4.69, 9.17) is 3.73 Å². The normalized spacial score (nSPS) is 11.4. The number of benzene rings is 2. The van der Waals surface area contributed by atoms with Gasteiger partial charge in [0.1, 0.15) is 0 Å². The fourth-order valence-electron chi connectivity index (χ4n) is 2.16. The van der Waals surface area contributed by atoms with Gasteiger partial charge in [0.25, 0.3) is 0 Å². The van der Waals surface area contributed by atoms with Crippen LogP contribution < -0.4 is 0 Å². The summed E-state index contributed by atoms with van der Waals surface area (Å²) in [5.41, 5.74) is 2.02. The Morgan fingerprint density at radius 1 is 0.882 bits per heavy atom. The summed E-state index contributed by atoms with van der Waals surface area (Å²) in [5.74, 6) is 0. The molecule has 0 aliphatic rings. The molecule has 1 nitrogen and oxygen atoms in total. The van der Waals surface area contributed by atoms with E-state index in [1.807, 2.05) is 12.1 Å². The molecule has 2 rings (SSSR count). The molecule has 2 aromatic carbocycles. The number of hydrogen-bond donors (Lipinski definition) is 0. The van der Waals surface area contributed by atoms with Gasteiger partial charge in [-0.15, -0.1) is 0 Å². The standard InChI is InChI=1S/C15H15AsO/c1-2-15(17-16,13-9-5-3-6-10-13)14-11-7-4-8-12-14/h3-12H,2H2,1H3. The summed E-state index contributed by atoms with van der Waals surface area (Å²) in [6, 6.07) is 20.7. The first-order valence-corrected chi connectivity index (χ1v) is 6.53. The summed E-state index contributed by atoms with van der Waals surface area (Å²) in [5, 5.41) is 0. The zero-order valence-electron chi connectivity index (χ0n) is 9.84. The van der Waals surface area contributed by atoms with Crippen LogP contribution in [0.2, 0.25) is 0 Å². The second kappa shape index (κ2) is 5.53. The molecule has 0 amide bonds. The van der Waals surface area contributed by atoms with E-state index in [1.165, 1.54) is 11.1 Å². The summed E-state index contributed by atoms with van der Waals surface area (Å²) in [6.07, 6.45) is 0.899. The van der Waals surface area contributed by atoms with Crippen LogP contribution in [0.1, 0.15) is 24.5 Å². The third-order valence-electron chi connectivity index (χ3n) is 3.13. The van der Waals surface area contributed by atoms with E-state index in [2.05, 4.69) is 72.6 Å². The molecular weight excluding hydrogens is 271 g/mol. The molecule has 17 heavy (non-hydrogen) atoms. The molecule has 86 valence electrons. The average Bonchev–Trinajstić information content (AvgIpc) is 2.43. The average molecular weight is 286 g/mol. The van der Waals surface area contributed by atoms with Crippen LogP contribution >= 0.6 is 0 Å². The summed E-state index contributed by atoms with van der Waals surface area (Å²) in [4.78, 5) is 0. The van der Waals surface area contributed by atoms with Gasteiger partial charge >= 0.3 is 112 Å². The molecule has 0 aliphatic heterocycles. The Kier molecular flexibility index (Phi) is 4.04. The predicted octanol–water partition coefficient (Wildman–Crippen LogP) is 3.44. The van der Waals surface area contributed by atoms with Crippen LogP contribution in [0, 0.1) is 0 Å². The Labute approximate surface area is 112 Å². The Bertz CT molecular complexity index is 407. The first kappa shape index (κ1) is 12.4. The topological polar surface area (TPSA) is 9.23 Å². The van der Waals surface area contributed by atoms with Crippen molar-refractivity contribution in [1.82, 2.24) is 0 Å². The van der Waals surface area contributed by atoms with Crippen molar-refractivity contribution in [2.24, 2.45) is 0 Å². The zero-order chi connectivity index (χ0) is 12.1. The molecule has 0 heterocycles. The summed E-state index contributed by atoms with van der Waals surface area (Å²) < 4.78 is 5.80. The van der Waals surface area contributed by atoms with Gasteiger partial charge in [0, 0.05) is 0 Å². The van der Waals surface area contributed by atoms with E-state index >= 15 is 0 Å². The molecule has 0 saturated heterocycles. The molecule has 0 atom stereocenters. The first-order valence-electron chi connectivity index (χ1n) is 5.77. The van der Waals surface area contributed by atoms with Crippen molar-refractivity contribution in [2.75, 3.05) is 0 Å². The molecule has 0 aromatic heterocycles. The minimum absolute atomic E-state index is 0.359. The molecule has 0 aliphatic carbocycles. The summed E-state index contributed by atoms with van der Waals surface area (Å²) in [6.45, 7) is 2.15. The maximum atomic E-state index is 5.80. The van der Waals surface area contributed by atoms with Crippen molar-refractivity contribution in [2.45, 2.75) is 18.9 Å². The van der Waals surface area contributed by atoms with Gasteiger partial charge in [0.2, 0.25) is 0 Å². The molecule has 0 bridgehead atoms. The Morgan fingerprint density at radius 3 is 1.59 bits per heavy atom. The fourth-order valence-corrected chi connectivity index (χ4v) is 2.87. The van der Waals surface area contributed by atoms with Crippen LogP contribution in [0.3, 0.4) is 0 Å². The van der Waals surface area contributed by atoms with E-state index in [1.54, 1.807) is 0 Å². The van der Waals surface area contributed by atoms with Crippen LogP contribution in [-0.2, 0) is 9.33 Å². The second-order valence-electron chi connectivity index (χ2n) is 4.00. The van der Waals surface area contributed by atoms with Gasteiger partial charge in [0.15, 0.2) is 0 Å². The van der Waals surface area contributed by atoms with Crippen LogP contribution in [0.15, 0.2) is 60.7 Å². The Morgan fingerprint density at radius 2 is 1.29 bits per heavy atom. The van der Waals surface area contributed by atoms with Crippen molar-refractivity contribution in [1.29, 1.82) is 0 Å². The van der Waals surface area contributed by atoms with Gasteiger partial charge in [-0.3, -0.25) is 0 Å². The van der Waals surface area contributed by atoms with Gasteiger partial charge in [-0.25, -0.2) is 0 Å². The predicted molar refractivity (Wildman–Crippen MR) is 70.8 cm³/mol. The maximum absolute atomic E-state index is 5.80. The van der Waals surface area contributed by atoms with Gasteiger partial charge in [-0.05, 0) is 0 Å². The van der Waals surface area contributed by atoms with Crippen LogP contribution in [0.4, 0.5) is 0 Å². The first-order chi connectivity index (χ1) is 8.33. The van der Waals surface area contributed by atoms with E-state index < -0.39 is 0 Å². The molecule has 2 aromatic rings. The van der Waals surface area contributed by atoms with E-state index in [-0.39, 0.29) is 5.60 Å². The van der Waals surface area contributed by atoms with E-state index in [9.17, 15) is 0 Å².